The minimum absolute atomic E-state index is 0.164. The highest BCUT2D eigenvalue weighted by Crippen LogP contribution is 2.38. The van der Waals surface area contributed by atoms with E-state index in [4.69, 9.17) is 14.6 Å². The number of likely N-dealkylation sites (N-methyl/N-ethyl adjacent to an activating group) is 1. The molecule has 1 unspecified atom stereocenters. The first-order valence-electron chi connectivity index (χ1n) is 9.76. The number of benzene rings is 1. The van der Waals surface area contributed by atoms with E-state index in [1.165, 1.54) is 17.5 Å². The third-order valence-electron chi connectivity index (χ3n) is 6.01. The maximum absolute atomic E-state index is 12.7. The predicted octanol–water partition coefficient (Wildman–Crippen LogP) is 3.12. The number of carboxylic acids is 1. The maximum atomic E-state index is 12.7. The van der Waals surface area contributed by atoms with Gasteiger partial charge in [-0.25, -0.2) is 4.79 Å². The van der Waals surface area contributed by atoms with Crippen molar-refractivity contribution in [1.82, 2.24) is 9.80 Å². The van der Waals surface area contributed by atoms with Crippen LogP contribution in [0.25, 0.3) is 0 Å². The van der Waals surface area contributed by atoms with Gasteiger partial charge in [0.1, 0.15) is 0 Å². The van der Waals surface area contributed by atoms with Crippen LogP contribution in [0.15, 0.2) is 18.2 Å². The summed E-state index contributed by atoms with van der Waals surface area (Å²) < 4.78 is 37.1. The van der Waals surface area contributed by atoms with E-state index in [0.29, 0.717) is 5.92 Å². The van der Waals surface area contributed by atoms with Crippen LogP contribution in [-0.4, -0.2) is 78.9 Å². The van der Waals surface area contributed by atoms with E-state index in [-0.39, 0.29) is 11.4 Å². The highest BCUT2D eigenvalue weighted by molar-refractivity contribution is 5.95. The average Bonchev–Trinajstić information content (AvgIpc) is 2.63. The van der Waals surface area contributed by atoms with Crippen molar-refractivity contribution in [1.29, 1.82) is 0 Å². The molecule has 1 spiro atoms. The molecule has 1 aromatic carbocycles. The van der Waals surface area contributed by atoms with Crippen molar-refractivity contribution in [3.05, 3.63) is 34.9 Å². The lowest BCUT2D eigenvalue weighted by Gasteiger charge is -2.58. The number of alkyl halides is 3. The lowest BCUT2D eigenvalue weighted by molar-refractivity contribution is -0.192. The SMILES string of the molecule is COCC1CCN(C)C2(C1)CN(C(=O)c1ccc(C)c(C)c1)C2.O=C(O)C(F)(F)F. The van der Waals surface area contributed by atoms with Crippen molar-refractivity contribution < 1.29 is 32.6 Å². The Hall–Kier alpha value is -2.13. The molecule has 2 heterocycles. The minimum atomic E-state index is -5.08. The lowest BCUT2D eigenvalue weighted by atomic mass is 9.75. The van der Waals surface area contributed by atoms with Gasteiger partial charge in [-0.15, -0.1) is 0 Å². The van der Waals surface area contributed by atoms with Crippen molar-refractivity contribution in [2.75, 3.05) is 40.4 Å². The molecule has 0 aliphatic carbocycles. The highest BCUT2D eigenvalue weighted by Gasteiger charge is 2.50. The van der Waals surface area contributed by atoms with Crippen LogP contribution in [0, 0.1) is 19.8 Å². The van der Waals surface area contributed by atoms with Crippen LogP contribution in [0.5, 0.6) is 0 Å². The van der Waals surface area contributed by atoms with Crippen molar-refractivity contribution in [2.24, 2.45) is 5.92 Å². The molecule has 2 fully saturated rings. The number of rotatable bonds is 3. The van der Waals surface area contributed by atoms with Gasteiger partial charge in [0.2, 0.25) is 0 Å². The molecule has 3 rings (SSSR count). The average molecular weight is 430 g/mol. The van der Waals surface area contributed by atoms with Crippen LogP contribution in [0.1, 0.15) is 34.3 Å². The van der Waals surface area contributed by atoms with Crippen LogP contribution < -0.4 is 0 Å². The van der Waals surface area contributed by atoms with Crippen LogP contribution in [0.4, 0.5) is 13.2 Å². The Balaban J connectivity index is 0.000000396. The normalized spacial score (nSPS) is 20.9. The van der Waals surface area contributed by atoms with E-state index >= 15 is 0 Å². The number of carboxylic acid groups (broad SMARTS) is 1. The molecule has 2 aliphatic heterocycles. The number of aliphatic carboxylic acids is 1. The van der Waals surface area contributed by atoms with Crippen molar-refractivity contribution in [3.63, 3.8) is 0 Å². The first-order valence-corrected chi connectivity index (χ1v) is 9.76. The number of methoxy groups -OCH3 is 1. The number of halogens is 3. The molecule has 0 aromatic heterocycles. The van der Waals surface area contributed by atoms with Gasteiger partial charge < -0.3 is 14.7 Å². The molecule has 0 saturated carbocycles. The van der Waals surface area contributed by atoms with Crippen LogP contribution in [0.3, 0.4) is 0 Å². The molecular weight excluding hydrogens is 401 g/mol. The largest absolute Gasteiger partial charge is 0.490 e. The zero-order valence-corrected chi connectivity index (χ0v) is 17.8. The first kappa shape index (κ1) is 24.1. The molecule has 0 radical (unpaired) electrons. The number of carbonyl (C=O) groups is 2. The van der Waals surface area contributed by atoms with Gasteiger partial charge in [-0.3, -0.25) is 9.69 Å². The van der Waals surface area contributed by atoms with Crippen LogP contribution >= 0.6 is 0 Å². The van der Waals surface area contributed by atoms with Crippen molar-refractivity contribution in [3.8, 4) is 0 Å². The second-order valence-electron chi connectivity index (χ2n) is 8.22. The number of likely N-dealkylation sites (tertiary alicyclic amines) is 2. The molecule has 1 N–H and O–H groups in total. The highest BCUT2D eigenvalue weighted by atomic mass is 19.4. The third-order valence-corrected chi connectivity index (χ3v) is 6.01. The number of aryl methyl sites for hydroxylation is 2. The van der Waals surface area contributed by atoms with Gasteiger partial charge >= 0.3 is 12.1 Å². The van der Waals surface area contributed by atoms with Gasteiger partial charge in [0.25, 0.3) is 5.91 Å². The zero-order valence-electron chi connectivity index (χ0n) is 17.8. The third kappa shape index (κ3) is 5.51. The Morgan fingerprint density at radius 3 is 2.33 bits per heavy atom. The summed E-state index contributed by atoms with van der Waals surface area (Å²) in [6.45, 7) is 7.76. The second kappa shape index (κ2) is 9.34. The van der Waals surface area contributed by atoms with Crippen molar-refractivity contribution >= 4 is 11.9 Å². The monoisotopic (exact) mass is 430 g/mol. The summed E-state index contributed by atoms with van der Waals surface area (Å²) in [4.78, 5) is 26.1. The van der Waals surface area contributed by atoms with Gasteiger partial charge in [-0.1, -0.05) is 6.07 Å². The molecule has 168 valence electrons. The van der Waals surface area contributed by atoms with Gasteiger partial charge in [-0.05, 0) is 69.5 Å². The number of hydrogen-bond acceptors (Lipinski definition) is 4. The smallest absolute Gasteiger partial charge is 0.475 e. The van der Waals surface area contributed by atoms with E-state index < -0.39 is 12.1 Å². The number of amides is 1. The van der Waals surface area contributed by atoms with E-state index in [9.17, 15) is 18.0 Å². The number of ether oxygens (including phenoxy) is 1. The van der Waals surface area contributed by atoms with E-state index in [1.54, 1.807) is 7.11 Å². The molecule has 0 bridgehead atoms. The summed E-state index contributed by atoms with van der Waals surface area (Å²) in [5.41, 5.74) is 3.39. The Kier molecular flexibility index (Phi) is 7.52. The lowest BCUT2D eigenvalue weighted by Crippen LogP contribution is -2.72. The summed E-state index contributed by atoms with van der Waals surface area (Å²) >= 11 is 0. The molecular formula is C21H29F3N2O4. The Labute approximate surface area is 174 Å². The topological polar surface area (TPSA) is 70.1 Å². The molecule has 6 nitrogen and oxygen atoms in total. The summed E-state index contributed by atoms with van der Waals surface area (Å²) in [5, 5.41) is 7.12. The zero-order chi connectivity index (χ0) is 22.7. The number of carbonyl (C=O) groups excluding carboxylic acids is 1. The molecule has 2 saturated heterocycles. The Bertz CT molecular complexity index is 776. The molecule has 9 heteroatoms. The minimum Gasteiger partial charge on any atom is -0.475 e. The van der Waals surface area contributed by atoms with Gasteiger partial charge in [0.15, 0.2) is 0 Å². The maximum Gasteiger partial charge on any atom is 0.490 e. The fourth-order valence-corrected chi connectivity index (χ4v) is 4.02. The van der Waals surface area contributed by atoms with Crippen LogP contribution in [0.2, 0.25) is 0 Å². The molecule has 1 aromatic rings. The van der Waals surface area contributed by atoms with Gasteiger partial charge in [0, 0.05) is 32.4 Å². The molecule has 1 atom stereocenters. The van der Waals surface area contributed by atoms with E-state index in [1.807, 2.05) is 23.1 Å². The number of nitrogens with zero attached hydrogens (tertiary/aromatic N) is 2. The summed E-state index contributed by atoms with van der Waals surface area (Å²) in [5.74, 6) is -1.97. The molecule has 30 heavy (non-hydrogen) atoms. The fraction of sp³-hybridized carbons (Fsp3) is 0.619. The quantitative estimate of drug-likeness (QED) is 0.798. The van der Waals surface area contributed by atoms with Crippen LogP contribution in [-0.2, 0) is 9.53 Å². The number of piperidine rings is 1. The number of hydrogen-bond donors (Lipinski definition) is 1. The fourth-order valence-electron chi connectivity index (χ4n) is 4.02. The summed E-state index contributed by atoms with van der Waals surface area (Å²) in [6.07, 6.45) is -2.76. The first-order chi connectivity index (χ1) is 13.9. The predicted molar refractivity (Wildman–Crippen MR) is 105 cm³/mol. The Morgan fingerprint density at radius 2 is 1.83 bits per heavy atom. The standard InChI is InChI=1S/C19H28N2O2.C2HF3O2/c1-14-5-6-17(9-15(14)2)18(22)21-12-19(13-21)10-16(11-23-4)7-8-20(19)3;3-2(4,5)1(6)7/h5-6,9,16H,7-8,10-13H2,1-4H3;(H,6,7). The summed E-state index contributed by atoms with van der Waals surface area (Å²) in [7, 11) is 3.97. The molecule has 1 amide bonds. The van der Waals surface area contributed by atoms with Gasteiger partial charge in [-0.2, -0.15) is 13.2 Å². The van der Waals surface area contributed by atoms with E-state index in [0.717, 1.165) is 38.2 Å². The van der Waals surface area contributed by atoms with Crippen molar-refractivity contribution in [2.45, 2.75) is 38.4 Å². The van der Waals surface area contributed by atoms with E-state index in [2.05, 4.69) is 25.8 Å². The van der Waals surface area contributed by atoms with Gasteiger partial charge in [0.05, 0.1) is 5.54 Å². The Morgan fingerprint density at radius 1 is 1.23 bits per heavy atom. The second-order valence-corrected chi connectivity index (χ2v) is 8.22. The molecule has 2 aliphatic rings. The summed E-state index contributed by atoms with van der Waals surface area (Å²) in [6, 6.07) is 6.01.